The van der Waals surface area contributed by atoms with Crippen molar-refractivity contribution in [3.8, 4) is 0 Å². The SMILES string of the molecule is CCOC(=O)CC1=C(C(=O)OCC)C2(C(=O)Nc3ccccc32)C(C(=O)OCC)=C(N)O1. The van der Waals surface area contributed by atoms with Crippen molar-refractivity contribution in [1.29, 1.82) is 0 Å². The molecule has 3 rings (SSSR count). The quantitative estimate of drug-likeness (QED) is 0.471. The highest BCUT2D eigenvalue weighted by Crippen LogP contribution is 2.52. The Hall–Kier alpha value is -3.82. The summed E-state index contributed by atoms with van der Waals surface area (Å²) in [5, 5.41) is 2.68. The number of para-hydroxylation sites is 1. The van der Waals surface area contributed by atoms with E-state index >= 15 is 0 Å². The zero-order valence-corrected chi connectivity index (χ0v) is 18.0. The summed E-state index contributed by atoms with van der Waals surface area (Å²) in [5.41, 5.74) is 4.03. The van der Waals surface area contributed by atoms with Gasteiger partial charge in [-0.25, -0.2) is 9.59 Å². The lowest BCUT2D eigenvalue weighted by Crippen LogP contribution is -2.49. The van der Waals surface area contributed by atoms with Gasteiger partial charge in [0.1, 0.15) is 28.7 Å². The number of anilines is 1. The summed E-state index contributed by atoms with van der Waals surface area (Å²) in [6, 6.07) is 6.52. The van der Waals surface area contributed by atoms with E-state index in [1.165, 1.54) is 0 Å². The average molecular weight is 444 g/mol. The number of carbonyl (C=O) groups excluding carboxylic acids is 4. The molecule has 0 radical (unpaired) electrons. The van der Waals surface area contributed by atoms with Crippen LogP contribution in [0.25, 0.3) is 0 Å². The van der Waals surface area contributed by atoms with Crippen molar-refractivity contribution in [2.45, 2.75) is 32.6 Å². The molecule has 1 aromatic rings. The van der Waals surface area contributed by atoms with Crippen molar-refractivity contribution >= 4 is 29.5 Å². The van der Waals surface area contributed by atoms with Gasteiger partial charge in [-0.05, 0) is 26.8 Å². The van der Waals surface area contributed by atoms with Gasteiger partial charge in [0.25, 0.3) is 0 Å². The van der Waals surface area contributed by atoms with E-state index in [2.05, 4.69) is 5.32 Å². The summed E-state index contributed by atoms with van der Waals surface area (Å²) < 4.78 is 20.9. The monoisotopic (exact) mass is 444 g/mol. The number of nitrogens with one attached hydrogen (secondary N) is 1. The van der Waals surface area contributed by atoms with Gasteiger partial charge in [-0.15, -0.1) is 0 Å². The fraction of sp³-hybridized carbons (Fsp3) is 0.364. The van der Waals surface area contributed by atoms with Crippen LogP contribution in [0.3, 0.4) is 0 Å². The van der Waals surface area contributed by atoms with Gasteiger partial charge < -0.3 is 30.0 Å². The van der Waals surface area contributed by atoms with Gasteiger partial charge in [-0.3, -0.25) is 9.59 Å². The molecular formula is C22H24N2O8. The van der Waals surface area contributed by atoms with Crippen LogP contribution >= 0.6 is 0 Å². The maximum atomic E-state index is 13.5. The van der Waals surface area contributed by atoms with Crippen LogP contribution in [-0.4, -0.2) is 43.6 Å². The first kappa shape index (κ1) is 22.9. The molecule has 0 saturated heterocycles. The second-order valence-electron chi connectivity index (χ2n) is 6.81. The molecule has 0 bridgehead atoms. The molecule has 0 aromatic heterocycles. The fourth-order valence-corrected chi connectivity index (χ4v) is 3.90. The predicted molar refractivity (Wildman–Crippen MR) is 111 cm³/mol. The van der Waals surface area contributed by atoms with E-state index in [0.717, 1.165) is 0 Å². The normalized spacial score (nSPS) is 19.3. The summed E-state index contributed by atoms with van der Waals surface area (Å²) >= 11 is 0. The minimum absolute atomic E-state index is 0.0108. The Balaban J connectivity index is 2.37. The van der Waals surface area contributed by atoms with E-state index in [0.29, 0.717) is 5.69 Å². The Bertz CT molecular complexity index is 1040. The van der Waals surface area contributed by atoms with E-state index in [-0.39, 0.29) is 42.3 Å². The van der Waals surface area contributed by atoms with Crippen molar-refractivity contribution in [3.63, 3.8) is 0 Å². The van der Waals surface area contributed by atoms with Crippen LogP contribution in [0.4, 0.5) is 5.69 Å². The molecule has 0 fully saturated rings. The number of benzene rings is 1. The number of amides is 1. The Morgan fingerprint density at radius 3 is 2.19 bits per heavy atom. The van der Waals surface area contributed by atoms with Crippen LogP contribution in [0.5, 0.6) is 0 Å². The van der Waals surface area contributed by atoms with Gasteiger partial charge in [0.15, 0.2) is 0 Å². The lowest BCUT2D eigenvalue weighted by atomic mass is 9.67. The van der Waals surface area contributed by atoms with Crippen LogP contribution in [0, 0.1) is 0 Å². The maximum Gasteiger partial charge on any atom is 0.341 e. The first-order valence-electron chi connectivity index (χ1n) is 10.1. The third-order valence-corrected chi connectivity index (χ3v) is 5.00. The Morgan fingerprint density at radius 2 is 1.56 bits per heavy atom. The highest BCUT2D eigenvalue weighted by Gasteiger charge is 2.62. The molecule has 1 aromatic carbocycles. The molecule has 1 unspecified atom stereocenters. The molecular weight excluding hydrogens is 420 g/mol. The van der Waals surface area contributed by atoms with Crippen molar-refractivity contribution in [1.82, 2.24) is 0 Å². The summed E-state index contributed by atoms with van der Waals surface area (Å²) in [5.74, 6) is -4.00. The zero-order valence-electron chi connectivity index (χ0n) is 18.0. The van der Waals surface area contributed by atoms with Gasteiger partial charge in [0, 0.05) is 11.3 Å². The lowest BCUT2D eigenvalue weighted by Gasteiger charge is -2.36. The van der Waals surface area contributed by atoms with Crippen molar-refractivity contribution < 1.29 is 38.1 Å². The molecule has 0 saturated carbocycles. The number of hydrogen-bond donors (Lipinski definition) is 2. The van der Waals surface area contributed by atoms with Gasteiger partial charge in [-0.2, -0.15) is 0 Å². The molecule has 32 heavy (non-hydrogen) atoms. The number of ether oxygens (including phenoxy) is 4. The summed E-state index contributed by atoms with van der Waals surface area (Å²) in [6.07, 6.45) is -0.504. The number of esters is 3. The highest BCUT2D eigenvalue weighted by atomic mass is 16.6. The zero-order chi connectivity index (χ0) is 23.5. The van der Waals surface area contributed by atoms with Crippen LogP contribution in [0.1, 0.15) is 32.8 Å². The molecule has 1 amide bonds. The molecule has 0 aliphatic carbocycles. The Morgan fingerprint density at radius 1 is 0.969 bits per heavy atom. The number of fused-ring (bicyclic) bond motifs is 2. The van der Waals surface area contributed by atoms with Gasteiger partial charge in [-0.1, -0.05) is 18.2 Å². The molecule has 1 atom stereocenters. The van der Waals surface area contributed by atoms with Crippen LogP contribution < -0.4 is 11.1 Å². The topological polar surface area (TPSA) is 143 Å². The molecule has 2 aliphatic rings. The van der Waals surface area contributed by atoms with Gasteiger partial charge in [0.05, 0.1) is 19.8 Å². The number of nitrogens with two attached hydrogens (primary N) is 1. The van der Waals surface area contributed by atoms with E-state index < -0.39 is 41.5 Å². The van der Waals surface area contributed by atoms with Crippen molar-refractivity contribution in [3.05, 3.63) is 52.6 Å². The van der Waals surface area contributed by atoms with Crippen molar-refractivity contribution in [2.24, 2.45) is 5.73 Å². The van der Waals surface area contributed by atoms with Gasteiger partial charge in [0.2, 0.25) is 11.8 Å². The lowest BCUT2D eigenvalue weighted by molar-refractivity contribution is -0.143. The minimum Gasteiger partial charge on any atom is -0.466 e. The molecule has 1 spiro atoms. The standard InChI is InChI=1S/C22H24N2O8/c1-4-29-15(25)11-14-16(19(26)30-5-2)22(17(18(23)32-14)20(27)31-6-3)12-9-7-8-10-13(12)24-21(22)28/h7-10H,4-6,11,23H2,1-3H3,(H,24,28). The Kier molecular flexibility index (Phi) is 6.52. The average Bonchev–Trinajstić information content (AvgIpc) is 3.00. The molecule has 10 nitrogen and oxygen atoms in total. The minimum atomic E-state index is -2.03. The van der Waals surface area contributed by atoms with Crippen LogP contribution in [0.2, 0.25) is 0 Å². The van der Waals surface area contributed by atoms with Crippen LogP contribution in [0.15, 0.2) is 47.1 Å². The second-order valence-corrected chi connectivity index (χ2v) is 6.81. The third-order valence-electron chi connectivity index (χ3n) is 5.00. The van der Waals surface area contributed by atoms with Crippen LogP contribution in [-0.2, 0) is 43.5 Å². The molecule has 2 aliphatic heterocycles. The molecule has 3 N–H and O–H groups in total. The van der Waals surface area contributed by atoms with E-state index in [9.17, 15) is 19.2 Å². The van der Waals surface area contributed by atoms with E-state index in [1.807, 2.05) is 0 Å². The first-order chi connectivity index (χ1) is 15.3. The second kappa shape index (κ2) is 9.13. The third kappa shape index (κ3) is 3.57. The summed E-state index contributed by atoms with van der Waals surface area (Å²) in [7, 11) is 0. The van der Waals surface area contributed by atoms with Crippen molar-refractivity contribution in [2.75, 3.05) is 25.1 Å². The number of carbonyl (C=O) groups is 4. The highest BCUT2D eigenvalue weighted by molar-refractivity contribution is 6.21. The van der Waals surface area contributed by atoms with E-state index in [4.69, 9.17) is 24.7 Å². The first-order valence-corrected chi connectivity index (χ1v) is 10.1. The molecule has 2 heterocycles. The largest absolute Gasteiger partial charge is 0.466 e. The molecule has 10 heteroatoms. The van der Waals surface area contributed by atoms with Gasteiger partial charge >= 0.3 is 17.9 Å². The molecule has 170 valence electrons. The maximum absolute atomic E-state index is 13.5. The summed E-state index contributed by atoms with van der Waals surface area (Å²) in [4.78, 5) is 52.0. The smallest absolute Gasteiger partial charge is 0.341 e. The summed E-state index contributed by atoms with van der Waals surface area (Å²) in [6.45, 7) is 4.84. The Labute approximate surface area is 184 Å². The van der Waals surface area contributed by atoms with E-state index in [1.54, 1.807) is 45.0 Å². The predicted octanol–water partition coefficient (Wildman–Crippen LogP) is 1.41. The number of hydrogen-bond acceptors (Lipinski definition) is 9. The fourth-order valence-electron chi connectivity index (χ4n) is 3.90. The number of rotatable bonds is 7.